The van der Waals surface area contributed by atoms with Crippen LogP contribution in [0.25, 0.3) is 6.08 Å². The van der Waals surface area contributed by atoms with Gasteiger partial charge in [-0.25, -0.2) is 13.1 Å². The number of carbonyl (C=O) groups is 1. The summed E-state index contributed by atoms with van der Waals surface area (Å²) in [4.78, 5) is 15.8. The quantitative estimate of drug-likeness (QED) is 0.853. The van der Waals surface area contributed by atoms with E-state index in [1.54, 1.807) is 24.4 Å². The van der Waals surface area contributed by atoms with Gasteiger partial charge >= 0.3 is 0 Å². The fourth-order valence-corrected chi connectivity index (χ4v) is 3.07. The summed E-state index contributed by atoms with van der Waals surface area (Å²) >= 11 is 9.12. The summed E-state index contributed by atoms with van der Waals surface area (Å²) < 4.78 is 26.4. The van der Waals surface area contributed by atoms with Crippen LogP contribution in [-0.4, -0.2) is 19.3 Å². The minimum atomic E-state index is -3.93. The molecule has 0 saturated heterocycles. The smallest absolute Gasteiger partial charge is 0.266 e. The minimum Gasteiger partial charge on any atom is -0.268 e. The third-order valence-corrected chi connectivity index (χ3v) is 4.31. The zero-order valence-electron chi connectivity index (χ0n) is 11.0. The van der Waals surface area contributed by atoms with Crippen molar-refractivity contribution in [2.45, 2.75) is 0 Å². The highest BCUT2D eigenvalue weighted by atomic mass is 79.9. The Morgan fingerprint density at radius 1 is 1.32 bits per heavy atom. The molecule has 0 aliphatic rings. The second-order valence-electron chi connectivity index (χ2n) is 4.19. The van der Waals surface area contributed by atoms with E-state index in [1.165, 1.54) is 24.4 Å². The van der Waals surface area contributed by atoms with Crippen molar-refractivity contribution < 1.29 is 13.2 Å². The van der Waals surface area contributed by atoms with Gasteiger partial charge in [0.2, 0.25) is 0 Å². The number of pyridine rings is 1. The molecule has 0 unspecified atom stereocenters. The molecule has 2 rings (SSSR count). The van der Waals surface area contributed by atoms with E-state index < -0.39 is 15.9 Å². The first-order valence-electron chi connectivity index (χ1n) is 5.98. The van der Waals surface area contributed by atoms with Gasteiger partial charge in [0.25, 0.3) is 15.9 Å². The number of hydrogen-bond acceptors (Lipinski definition) is 4. The van der Waals surface area contributed by atoms with E-state index in [1.807, 2.05) is 4.72 Å². The Hall–Kier alpha value is -1.70. The van der Waals surface area contributed by atoms with Gasteiger partial charge in [-0.05, 0) is 35.9 Å². The van der Waals surface area contributed by atoms with E-state index in [9.17, 15) is 13.2 Å². The first-order chi connectivity index (χ1) is 10.4. The first kappa shape index (κ1) is 16.7. The van der Waals surface area contributed by atoms with Crippen molar-refractivity contribution in [2.75, 3.05) is 0 Å². The van der Waals surface area contributed by atoms with Gasteiger partial charge in [0, 0.05) is 16.9 Å². The number of amides is 1. The van der Waals surface area contributed by atoms with E-state index in [0.29, 0.717) is 10.0 Å². The number of benzene rings is 1. The maximum atomic E-state index is 12.0. The van der Waals surface area contributed by atoms with Crippen LogP contribution in [0.15, 0.2) is 52.6 Å². The number of rotatable bonds is 4. The fraction of sp³-hybridized carbons (Fsp3) is 0. The molecule has 1 aromatic carbocycles. The average molecular weight is 402 g/mol. The summed E-state index contributed by atoms with van der Waals surface area (Å²) in [6, 6.07) is 7.90. The Labute approximate surface area is 141 Å². The molecule has 1 heterocycles. The highest BCUT2D eigenvalue weighted by molar-refractivity contribution is 9.10. The van der Waals surface area contributed by atoms with Crippen LogP contribution in [0, 0.1) is 0 Å². The molecular formula is C14H10BrClN2O3S. The molecule has 0 aliphatic carbocycles. The van der Waals surface area contributed by atoms with Gasteiger partial charge in [-0.1, -0.05) is 33.6 Å². The predicted octanol–water partition coefficient (Wildman–Crippen LogP) is 3.23. The molecule has 8 heteroatoms. The van der Waals surface area contributed by atoms with Crippen molar-refractivity contribution in [3.05, 3.63) is 68.8 Å². The lowest BCUT2D eigenvalue weighted by atomic mass is 10.2. The highest BCUT2D eigenvalue weighted by Gasteiger charge is 2.16. The van der Waals surface area contributed by atoms with Crippen LogP contribution in [0.4, 0.5) is 0 Å². The number of nitrogens with zero attached hydrogens (tertiary/aromatic N) is 1. The summed E-state index contributed by atoms with van der Waals surface area (Å²) in [6.07, 6.45) is 4.41. The molecule has 0 aliphatic heterocycles. The topological polar surface area (TPSA) is 76.1 Å². The van der Waals surface area contributed by atoms with Crippen molar-refractivity contribution >= 4 is 49.5 Å². The molecule has 2 aromatic rings. The van der Waals surface area contributed by atoms with Crippen LogP contribution in [0.3, 0.4) is 0 Å². The molecule has 0 radical (unpaired) electrons. The van der Waals surface area contributed by atoms with E-state index in [2.05, 4.69) is 20.9 Å². The number of halogens is 2. The normalized spacial score (nSPS) is 11.5. The van der Waals surface area contributed by atoms with Gasteiger partial charge in [0.15, 0.2) is 0 Å². The lowest BCUT2D eigenvalue weighted by Gasteiger charge is -2.05. The van der Waals surface area contributed by atoms with Gasteiger partial charge < -0.3 is 0 Å². The average Bonchev–Trinajstić information content (AvgIpc) is 2.45. The molecule has 5 nitrogen and oxygen atoms in total. The lowest BCUT2D eigenvalue weighted by Crippen LogP contribution is -2.29. The zero-order chi connectivity index (χ0) is 16.2. The van der Waals surface area contributed by atoms with Crippen molar-refractivity contribution in [1.29, 1.82) is 0 Å². The Bertz CT molecular complexity index is 823. The van der Waals surface area contributed by atoms with Crippen LogP contribution >= 0.6 is 27.5 Å². The Balaban J connectivity index is 2.14. The number of carbonyl (C=O) groups excluding carboxylic acids is 1. The maximum Gasteiger partial charge on any atom is 0.266 e. The molecule has 22 heavy (non-hydrogen) atoms. The Morgan fingerprint density at radius 2 is 2.09 bits per heavy atom. The zero-order valence-corrected chi connectivity index (χ0v) is 14.2. The molecular weight excluding hydrogens is 392 g/mol. The largest absolute Gasteiger partial charge is 0.268 e. The summed E-state index contributed by atoms with van der Waals surface area (Å²) in [7, 11) is -3.93. The minimum absolute atomic E-state index is 0.0724. The van der Waals surface area contributed by atoms with Crippen molar-refractivity contribution in [3.63, 3.8) is 0 Å². The number of hydrogen-bond donors (Lipinski definition) is 1. The molecule has 0 fully saturated rings. The molecule has 0 saturated carbocycles. The number of aromatic nitrogens is 1. The second-order valence-corrected chi connectivity index (χ2v) is 7.08. The maximum absolute atomic E-state index is 12.0. The van der Waals surface area contributed by atoms with Crippen molar-refractivity contribution in [3.8, 4) is 0 Å². The monoisotopic (exact) mass is 400 g/mol. The fourth-order valence-electron chi connectivity index (χ4n) is 1.53. The summed E-state index contributed by atoms with van der Waals surface area (Å²) in [6.45, 7) is 0. The van der Waals surface area contributed by atoms with Gasteiger partial charge in [-0.15, -0.1) is 0 Å². The van der Waals surface area contributed by atoms with Crippen LogP contribution in [-0.2, 0) is 10.0 Å². The van der Waals surface area contributed by atoms with Gasteiger partial charge in [0.05, 0.1) is 16.0 Å². The molecule has 1 aromatic heterocycles. The lowest BCUT2D eigenvalue weighted by molar-refractivity contribution is 0.0982. The second kappa shape index (κ2) is 7.04. The van der Waals surface area contributed by atoms with Gasteiger partial charge in [-0.3, -0.25) is 9.78 Å². The number of nitrogens with one attached hydrogen (secondary N) is 1. The third-order valence-electron chi connectivity index (χ3n) is 2.53. The van der Waals surface area contributed by atoms with Crippen LogP contribution in [0.1, 0.15) is 15.9 Å². The highest BCUT2D eigenvalue weighted by Crippen LogP contribution is 2.21. The van der Waals surface area contributed by atoms with Crippen molar-refractivity contribution in [1.82, 2.24) is 9.71 Å². The molecule has 114 valence electrons. The molecule has 1 N–H and O–H groups in total. The standard InChI is InChI=1S/C14H10BrClN2O3S/c15-11-3-4-12(13(16)8-11)14(19)18-22(20,21)7-5-10-2-1-6-17-9-10/h1-9H,(H,18,19)/b7-5+. The first-order valence-corrected chi connectivity index (χ1v) is 8.69. The molecule has 1 amide bonds. The van der Waals surface area contributed by atoms with E-state index in [0.717, 1.165) is 5.41 Å². The predicted molar refractivity (Wildman–Crippen MR) is 88.8 cm³/mol. The third kappa shape index (κ3) is 4.66. The number of sulfonamides is 1. The van der Waals surface area contributed by atoms with E-state index in [4.69, 9.17) is 11.6 Å². The molecule has 0 atom stereocenters. The Kier molecular flexibility index (Phi) is 5.33. The van der Waals surface area contributed by atoms with Crippen LogP contribution in [0.5, 0.6) is 0 Å². The Morgan fingerprint density at radius 3 is 2.73 bits per heavy atom. The summed E-state index contributed by atoms with van der Waals surface area (Å²) in [5.41, 5.74) is 0.671. The SMILES string of the molecule is O=C(NS(=O)(=O)/C=C/c1cccnc1)c1ccc(Br)cc1Cl. The van der Waals surface area contributed by atoms with Gasteiger partial charge in [0.1, 0.15) is 0 Å². The summed E-state index contributed by atoms with van der Waals surface area (Å²) in [5.74, 6) is -0.798. The molecule has 0 spiro atoms. The van der Waals surface area contributed by atoms with Gasteiger partial charge in [-0.2, -0.15) is 0 Å². The van der Waals surface area contributed by atoms with Crippen molar-refractivity contribution in [2.24, 2.45) is 0 Å². The van der Waals surface area contributed by atoms with E-state index >= 15 is 0 Å². The summed E-state index contributed by atoms with van der Waals surface area (Å²) in [5, 5.41) is 1.05. The van der Waals surface area contributed by atoms with Crippen LogP contribution < -0.4 is 4.72 Å². The van der Waals surface area contributed by atoms with E-state index in [-0.39, 0.29) is 10.6 Å². The van der Waals surface area contributed by atoms with Crippen LogP contribution in [0.2, 0.25) is 5.02 Å². The molecule has 0 bridgehead atoms.